The Hall–Kier alpha value is -2.02. The second-order valence-electron chi connectivity index (χ2n) is 7.90. The number of unbranched alkanes of at least 4 members (excludes halogenated alkanes) is 7. The van der Waals surface area contributed by atoms with Crippen LogP contribution in [0.2, 0.25) is 0 Å². The van der Waals surface area contributed by atoms with Crippen LogP contribution in [0.3, 0.4) is 0 Å². The largest absolute Gasteiger partial charge is 0.347 e. The number of benzene rings is 2. The zero-order chi connectivity index (χ0) is 18.7. The van der Waals surface area contributed by atoms with Crippen LogP contribution in [-0.2, 0) is 6.54 Å². The predicted octanol–water partition coefficient (Wildman–Crippen LogP) is 7.96. The molecule has 2 aromatic carbocycles. The minimum Gasteiger partial charge on any atom is -0.347 e. The summed E-state index contributed by atoms with van der Waals surface area (Å²) in [6, 6.07) is 22.1. The van der Waals surface area contributed by atoms with Crippen molar-refractivity contribution >= 4 is 10.9 Å². The molecule has 1 aromatic heterocycles. The van der Waals surface area contributed by atoms with Gasteiger partial charge < -0.3 is 4.57 Å². The van der Waals surface area contributed by atoms with Gasteiger partial charge in [0.25, 0.3) is 0 Å². The third-order valence-electron chi connectivity index (χ3n) is 5.77. The SMILES string of the molecule is CCCCCCCCCCC(Cn1ccc2ccccc21)c1ccccc1. The monoisotopic (exact) mass is 361 g/mol. The lowest BCUT2D eigenvalue weighted by molar-refractivity contribution is 0.490. The fraction of sp³-hybridized carbons (Fsp3) is 0.462. The fourth-order valence-electron chi connectivity index (χ4n) is 4.15. The number of fused-ring (bicyclic) bond motifs is 1. The van der Waals surface area contributed by atoms with E-state index in [0.717, 1.165) is 6.54 Å². The van der Waals surface area contributed by atoms with Crippen molar-refractivity contribution in [1.29, 1.82) is 0 Å². The van der Waals surface area contributed by atoms with Gasteiger partial charge in [0.15, 0.2) is 0 Å². The van der Waals surface area contributed by atoms with Gasteiger partial charge in [-0.05, 0) is 29.5 Å². The molecule has 0 spiro atoms. The number of hydrogen-bond acceptors (Lipinski definition) is 0. The number of nitrogens with zero attached hydrogens (tertiary/aromatic N) is 1. The van der Waals surface area contributed by atoms with Crippen LogP contribution in [0.15, 0.2) is 66.9 Å². The summed E-state index contributed by atoms with van der Waals surface area (Å²) in [5, 5.41) is 1.34. The number of hydrogen-bond donors (Lipinski definition) is 0. The van der Waals surface area contributed by atoms with Gasteiger partial charge in [0.1, 0.15) is 0 Å². The molecule has 0 amide bonds. The quantitative estimate of drug-likeness (QED) is 0.288. The molecular formula is C26H35N. The van der Waals surface area contributed by atoms with E-state index in [4.69, 9.17) is 0 Å². The van der Waals surface area contributed by atoms with Gasteiger partial charge in [-0.15, -0.1) is 0 Å². The Kier molecular flexibility index (Phi) is 8.02. The molecule has 27 heavy (non-hydrogen) atoms. The minimum absolute atomic E-state index is 0.599. The summed E-state index contributed by atoms with van der Waals surface area (Å²) < 4.78 is 2.44. The lowest BCUT2D eigenvalue weighted by Crippen LogP contribution is -2.09. The highest BCUT2D eigenvalue weighted by atomic mass is 15.0. The molecule has 1 nitrogen and oxygen atoms in total. The molecule has 3 aromatic rings. The smallest absolute Gasteiger partial charge is 0.0480 e. The van der Waals surface area contributed by atoms with E-state index in [-0.39, 0.29) is 0 Å². The fourth-order valence-corrected chi connectivity index (χ4v) is 4.15. The topological polar surface area (TPSA) is 4.93 Å². The standard InChI is InChI=1S/C26H35N/c1-2-3-4-5-6-7-8-10-18-25(23-15-11-9-12-16-23)22-27-21-20-24-17-13-14-19-26(24)27/h9,11-17,19-21,25H,2-8,10,18,22H2,1H3. The highest BCUT2D eigenvalue weighted by Crippen LogP contribution is 2.27. The molecule has 3 rings (SSSR count). The molecule has 0 aliphatic carbocycles. The third kappa shape index (κ3) is 5.99. The molecular weight excluding hydrogens is 326 g/mol. The van der Waals surface area contributed by atoms with Gasteiger partial charge >= 0.3 is 0 Å². The average Bonchev–Trinajstić information content (AvgIpc) is 3.13. The summed E-state index contributed by atoms with van der Waals surface area (Å²) >= 11 is 0. The minimum atomic E-state index is 0.599. The Morgan fingerprint density at radius 2 is 1.37 bits per heavy atom. The molecule has 0 aliphatic rings. The molecule has 0 radical (unpaired) electrons. The first kappa shape index (κ1) is 19.7. The molecule has 0 saturated heterocycles. The second-order valence-corrected chi connectivity index (χ2v) is 7.90. The van der Waals surface area contributed by atoms with Crippen LogP contribution in [0.5, 0.6) is 0 Å². The Morgan fingerprint density at radius 1 is 0.704 bits per heavy atom. The van der Waals surface area contributed by atoms with E-state index in [2.05, 4.69) is 78.4 Å². The molecule has 0 fully saturated rings. The first-order chi connectivity index (χ1) is 13.4. The molecule has 1 atom stereocenters. The summed E-state index contributed by atoms with van der Waals surface area (Å²) in [7, 11) is 0. The normalized spacial score (nSPS) is 12.5. The van der Waals surface area contributed by atoms with E-state index in [1.54, 1.807) is 0 Å². The molecule has 1 unspecified atom stereocenters. The Balaban J connectivity index is 1.56. The van der Waals surface area contributed by atoms with Crippen LogP contribution in [0.4, 0.5) is 0 Å². The maximum atomic E-state index is 2.44. The van der Waals surface area contributed by atoms with E-state index in [1.165, 1.54) is 74.3 Å². The maximum Gasteiger partial charge on any atom is 0.0480 e. The van der Waals surface area contributed by atoms with Gasteiger partial charge in [-0.3, -0.25) is 0 Å². The summed E-state index contributed by atoms with van der Waals surface area (Å²) in [6.45, 7) is 3.37. The van der Waals surface area contributed by atoms with Gasteiger partial charge in [-0.25, -0.2) is 0 Å². The van der Waals surface area contributed by atoms with Crippen LogP contribution in [0.1, 0.15) is 76.2 Å². The van der Waals surface area contributed by atoms with Crippen LogP contribution in [0.25, 0.3) is 10.9 Å². The molecule has 0 N–H and O–H groups in total. The van der Waals surface area contributed by atoms with Crippen molar-refractivity contribution in [2.75, 3.05) is 0 Å². The van der Waals surface area contributed by atoms with Crippen LogP contribution in [-0.4, -0.2) is 4.57 Å². The number of para-hydroxylation sites is 1. The zero-order valence-electron chi connectivity index (χ0n) is 16.9. The molecule has 144 valence electrons. The van der Waals surface area contributed by atoms with E-state index >= 15 is 0 Å². The molecule has 0 bridgehead atoms. The molecule has 0 aliphatic heterocycles. The Bertz CT molecular complexity index is 771. The maximum absolute atomic E-state index is 2.44. The molecule has 1 heterocycles. The van der Waals surface area contributed by atoms with Gasteiger partial charge in [0.2, 0.25) is 0 Å². The predicted molar refractivity (Wildman–Crippen MR) is 118 cm³/mol. The van der Waals surface area contributed by atoms with Crippen LogP contribution in [0, 0.1) is 0 Å². The van der Waals surface area contributed by atoms with Crippen molar-refractivity contribution in [1.82, 2.24) is 4.57 Å². The van der Waals surface area contributed by atoms with Gasteiger partial charge in [-0.2, -0.15) is 0 Å². The first-order valence-electron chi connectivity index (χ1n) is 11.0. The highest BCUT2D eigenvalue weighted by Gasteiger charge is 2.13. The van der Waals surface area contributed by atoms with Gasteiger partial charge in [-0.1, -0.05) is 107 Å². The third-order valence-corrected chi connectivity index (χ3v) is 5.77. The van der Waals surface area contributed by atoms with Crippen molar-refractivity contribution in [3.05, 3.63) is 72.4 Å². The first-order valence-corrected chi connectivity index (χ1v) is 11.0. The summed E-state index contributed by atoms with van der Waals surface area (Å²) in [4.78, 5) is 0. The number of aromatic nitrogens is 1. The number of rotatable bonds is 12. The second kappa shape index (κ2) is 11.0. The van der Waals surface area contributed by atoms with E-state index in [9.17, 15) is 0 Å². The highest BCUT2D eigenvalue weighted by molar-refractivity contribution is 5.79. The molecule has 0 saturated carbocycles. The Morgan fingerprint density at radius 3 is 2.15 bits per heavy atom. The van der Waals surface area contributed by atoms with E-state index < -0.39 is 0 Å². The average molecular weight is 362 g/mol. The van der Waals surface area contributed by atoms with E-state index in [1.807, 2.05) is 0 Å². The van der Waals surface area contributed by atoms with Gasteiger partial charge in [0.05, 0.1) is 0 Å². The van der Waals surface area contributed by atoms with Crippen LogP contribution < -0.4 is 0 Å². The lowest BCUT2D eigenvalue weighted by Gasteiger charge is -2.19. The van der Waals surface area contributed by atoms with E-state index in [0.29, 0.717) is 5.92 Å². The van der Waals surface area contributed by atoms with Crippen molar-refractivity contribution in [2.24, 2.45) is 0 Å². The van der Waals surface area contributed by atoms with Crippen molar-refractivity contribution in [3.8, 4) is 0 Å². The van der Waals surface area contributed by atoms with Gasteiger partial charge in [0, 0.05) is 24.2 Å². The molecule has 1 heteroatoms. The summed E-state index contributed by atoms with van der Waals surface area (Å²) in [5.41, 5.74) is 2.84. The van der Waals surface area contributed by atoms with Crippen molar-refractivity contribution < 1.29 is 0 Å². The zero-order valence-corrected chi connectivity index (χ0v) is 16.9. The lowest BCUT2D eigenvalue weighted by atomic mass is 9.92. The van der Waals surface area contributed by atoms with Crippen molar-refractivity contribution in [2.45, 2.75) is 77.2 Å². The summed E-state index contributed by atoms with van der Waals surface area (Å²) in [6.07, 6.45) is 14.7. The summed E-state index contributed by atoms with van der Waals surface area (Å²) in [5.74, 6) is 0.599. The Labute approximate surface area is 165 Å². The van der Waals surface area contributed by atoms with Crippen LogP contribution >= 0.6 is 0 Å². The van der Waals surface area contributed by atoms with Crippen molar-refractivity contribution in [3.63, 3.8) is 0 Å².